The summed E-state index contributed by atoms with van der Waals surface area (Å²) in [6.45, 7) is 4.40. The van der Waals surface area contributed by atoms with Gasteiger partial charge in [0.2, 0.25) is 0 Å². The van der Waals surface area contributed by atoms with Crippen LogP contribution in [0.15, 0.2) is 29.8 Å². The zero-order valence-electron chi connectivity index (χ0n) is 11.8. The number of phenols is 1. The summed E-state index contributed by atoms with van der Waals surface area (Å²) in [7, 11) is 1.77. The SMILES string of the molecule is Cc1c(O)cccc1C(=O)N(C)C[C@H](C)c1nccs1. The Labute approximate surface area is 122 Å². The Morgan fingerprint density at radius 3 is 2.90 bits per heavy atom. The predicted octanol–water partition coefficient (Wildman–Crippen LogP) is 3.03. The van der Waals surface area contributed by atoms with Gasteiger partial charge in [-0.1, -0.05) is 13.0 Å². The van der Waals surface area contributed by atoms with Gasteiger partial charge in [0, 0.05) is 42.2 Å². The van der Waals surface area contributed by atoms with Crippen LogP contribution in [0.1, 0.15) is 33.8 Å². The van der Waals surface area contributed by atoms with Crippen molar-refractivity contribution in [1.29, 1.82) is 0 Å². The second kappa shape index (κ2) is 6.05. The van der Waals surface area contributed by atoms with Crippen molar-refractivity contribution in [3.63, 3.8) is 0 Å². The first-order valence-corrected chi connectivity index (χ1v) is 7.32. The number of aromatic hydroxyl groups is 1. The highest BCUT2D eigenvalue weighted by molar-refractivity contribution is 7.09. The first-order chi connectivity index (χ1) is 9.50. The number of nitrogens with zero attached hydrogens (tertiary/aromatic N) is 2. The van der Waals surface area contributed by atoms with E-state index in [4.69, 9.17) is 0 Å². The minimum Gasteiger partial charge on any atom is -0.508 e. The third-order valence-corrected chi connectivity index (χ3v) is 4.31. The molecule has 2 rings (SSSR count). The van der Waals surface area contributed by atoms with Gasteiger partial charge in [0.05, 0.1) is 5.01 Å². The fraction of sp³-hybridized carbons (Fsp3) is 0.333. The van der Waals surface area contributed by atoms with E-state index in [9.17, 15) is 9.90 Å². The van der Waals surface area contributed by atoms with Crippen molar-refractivity contribution in [2.45, 2.75) is 19.8 Å². The van der Waals surface area contributed by atoms with Crippen molar-refractivity contribution in [2.75, 3.05) is 13.6 Å². The van der Waals surface area contributed by atoms with E-state index in [2.05, 4.69) is 11.9 Å². The average molecular weight is 290 g/mol. The van der Waals surface area contributed by atoms with Crippen LogP contribution in [-0.2, 0) is 0 Å². The number of phenolic OH excluding ortho intramolecular Hbond substituents is 1. The topological polar surface area (TPSA) is 53.4 Å². The van der Waals surface area contributed by atoms with Crippen molar-refractivity contribution in [1.82, 2.24) is 9.88 Å². The van der Waals surface area contributed by atoms with Gasteiger partial charge in [-0.3, -0.25) is 4.79 Å². The first kappa shape index (κ1) is 14.5. The molecule has 20 heavy (non-hydrogen) atoms. The molecule has 0 spiro atoms. The van der Waals surface area contributed by atoms with Gasteiger partial charge in [-0.15, -0.1) is 11.3 Å². The summed E-state index contributed by atoms with van der Waals surface area (Å²) in [5.74, 6) is 0.264. The van der Waals surface area contributed by atoms with Crippen LogP contribution in [0.3, 0.4) is 0 Å². The fourth-order valence-corrected chi connectivity index (χ4v) is 2.80. The largest absolute Gasteiger partial charge is 0.508 e. The van der Waals surface area contributed by atoms with Gasteiger partial charge in [-0.25, -0.2) is 4.98 Å². The number of carbonyl (C=O) groups excluding carboxylic acids is 1. The molecule has 1 heterocycles. The van der Waals surface area contributed by atoms with Gasteiger partial charge in [-0.2, -0.15) is 0 Å². The monoisotopic (exact) mass is 290 g/mol. The second-order valence-electron chi connectivity index (χ2n) is 4.91. The molecule has 0 aliphatic heterocycles. The number of rotatable bonds is 4. The van der Waals surface area contributed by atoms with Crippen molar-refractivity contribution in [3.8, 4) is 5.75 Å². The number of thiazole rings is 1. The summed E-state index contributed by atoms with van der Waals surface area (Å²) in [4.78, 5) is 18.4. The highest BCUT2D eigenvalue weighted by Crippen LogP contribution is 2.23. The van der Waals surface area contributed by atoms with Crippen molar-refractivity contribution in [3.05, 3.63) is 45.9 Å². The van der Waals surface area contributed by atoms with Crippen LogP contribution < -0.4 is 0 Å². The molecule has 0 aliphatic rings. The number of benzene rings is 1. The van der Waals surface area contributed by atoms with E-state index < -0.39 is 0 Å². The molecule has 0 radical (unpaired) electrons. The van der Waals surface area contributed by atoms with Crippen LogP contribution in [-0.4, -0.2) is 34.5 Å². The summed E-state index contributed by atoms with van der Waals surface area (Å²) < 4.78 is 0. The van der Waals surface area contributed by atoms with E-state index in [1.165, 1.54) is 0 Å². The predicted molar refractivity (Wildman–Crippen MR) is 80.3 cm³/mol. The molecule has 1 atom stereocenters. The minimum absolute atomic E-state index is 0.0817. The van der Waals surface area contributed by atoms with Gasteiger partial charge < -0.3 is 10.0 Å². The van der Waals surface area contributed by atoms with E-state index in [-0.39, 0.29) is 17.6 Å². The quantitative estimate of drug-likeness (QED) is 0.941. The fourth-order valence-electron chi connectivity index (χ4n) is 2.11. The lowest BCUT2D eigenvalue weighted by atomic mass is 10.1. The maximum atomic E-state index is 12.4. The van der Waals surface area contributed by atoms with Crippen LogP contribution >= 0.6 is 11.3 Å². The van der Waals surface area contributed by atoms with Crippen LogP contribution in [0.5, 0.6) is 5.75 Å². The van der Waals surface area contributed by atoms with Gasteiger partial charge in [0.15, 0.2) is 0 Å². The van der Waals surface area contributed by atoms with Gasteiger partial charge in [0.1, 0.15) is 5.75 Å². The molecule has 1 aromatic carbocycles. The second-order valence-corrected chi connectivity index (χ2v) is 5.83. The molecular weight excluding hydrogens is 272 g/mol. The Morgan fingerprint density at radius 2 is 2.25 bits per heavy atom. The maximum Gasteiger partial charge on any atom is 0.254 e. The average Bonchev–Trinajstić information content (AvgIpc) is 2.95. The standard InChI is InChI=1S/C15H18N2O2S/c1-10(14-16-7-8-20-14)9-17(3)15(19)12-5-4-6-13(18)11(12)2/h4-8,10,18H,9H2,1-3H3/t10-/m0/s1. The van der Waals surface area contributed by atoms with Crippen molar-refractivity contribution < 1.29 is 9.90 Å². The number of likely N-dealkylation sites (N-methyl/N-ethyl adjacent to an activating group) is 1. The molecule has 0 unspecified atom stereocenters. The molecule has 0 fully saturated rings. The van der Waals surface area contributed by atoms with E-state index >= 15 is 0 Å². The molecule has 0 bridgehead atoms. The van der Waals surface area contributed by atoms with E-state index in [0.29, 0.717) is 17.7 Å². The van der Waals surface area contributed by atoms with Gasteiger partial charge in [-0.05, 0) is 19.1 Å². The number of hydrogen-bond acceptors (Lipinski definition) is 4. The molecule has 4 nitrogen and oxygen atoms in total. The summed E-state index contributed by atoms with van der Waals surface area (Å²) in [6.07, 6.45) is 1.78. The summed E-state index contributed by atoms with van der Waals surface area (Å²) in [5, 5.41) is 12.6. The highest BCUT2D eigenvalue weighted by Gasteiger charge is 2.19. The molecule has 0 saturated carbocycles. The van der Waals surface area contributed by atoms with Crippen LogP contribution in [0.2, 0.25) is 0 Å². The molecule has 106 valence electrons. The van der Waals surface area contributed by atoms with Crippen LogP contribution in [0.25, 0.3) is 0 Å². The van der Waals surface area contributed by atoms with Gasteiger partial charge >= 0.3 is 0 Å². The van der Waals surface area contributed by atoms with E-state index in [1.54, 1.807) is 54.6 Å². The Hall–Kier alpha value is -1.88. The smallest absolute Gasteiger partial charge is 0.254 e. The third kappa shape index (κ3) is 2.99. The number of amides is 1. The highest BCUT2D eigenvalue weighted by atomic mass is 32.1. The Balaban J connectivity index is 2.11. The first-order valence-electron chi connectivity index (χ1n) is 6.44. The molecule has 5 heteroatoms. The molecular formula is C15H18N2O2S. The van der Waals surface area contributed by atoms with Gasteiger partial charge in [0.25, 0.3) is 5.91 Å². The zero-order valence-corrected chi connectivity index (χ0v) is 12.6. The van der Waals surface area contributed by atoms with Crippen LogP contribution in [0.4, 0.5) is 0 Å². The molecule has 1 aromatic heterocycles. The lowest BCUT2D eigenvalue weighted by Gasteiger charge is -2.21. The van der Waals surface area contributed by atoms with Crippen LogP contribution in [0, 0.1) is 6.92 Å². The number of aromatic nitrogens is 1. The lowest BCUT2D eigenvalue weighted by Crippen LogP contribution is -2.30. The minimum atomic E-state index is -0.0817. The zero-order chi connectivity index (χ0) is 14.7. The van der Waals surface area contributed by atoms with Crippen molar-refractivity contribution in [2.24, 2.45) is 0 Å². The maximum absolute atomic E-state index is 12.4. The summed E-state index contributed by atoms with van der Waals surface area (Å²) in [6, 6.07) is 5.01. The Kier molecular flexibility index (Phi) is 4.39. The molecule has 1 N–H and O–H groups in total. The number of hydrogen-bond donors (Lipinski definition) is 1. The molecule has 2 aromatic rings. The Bertz CT molecular complexity index is 596. The summed E-state index contributed by atoms with van der Waals surface area (Å²) in [5.41, 5.74) is 1.16. The molecule has 0 aliphatic carbocycles. The number of carbonyl (C=O) groups is 1. The molecule has 1 amide bonds. The Morgan fingerprint density at radius 1 is 1.50 bits per heavy atom. The molecule has 0 saturated heterocycles. The van der Waals surface area contributed by atoms with Crippen molar-refractivity contribution >= 4 is 17.2 Å². The van der Waals surface area contributed by atoms with E-state index in [0.717, 1.165) is 5.01 Å². The third-order valence-electron chi connectivity index (χ3n) is 3.30. The lowest BCUT2D eigenvalue weighted by molar-refractivity contribution is 0.0787. The van der Waals surface area contributed by atoms with E-state index in [1.807, 2.05) is 5.38 Å². The summed E-state index contributed by atoms with van der Waals surface area (Å²) >= 11 is 1.60. The normalized spacial score (nSPS) is 12.2.